The van der Waals surface area contributed by atoms with Gasteiger partial charge in [-0.2, -0.15) is 0 Å². The van der Waals surface area contributed by atoms with Crippen molar-refractivity contribution < 1.29 is 42.9 Å². The smallest absolute Gasteiger partial charge is 0.306 e. The number of quaternary nitrogens is 1. The molecular weight excluding hydrogens is 863 g/mol. The second-order valence-corrected chi connectivity index (χ2v) is 19.9. The van der Waals surface area contributed by atoms with Gasteiger partial charge in [-0.3, -0.25) is 9.59 Å². The highest BCUT2D eigenvalue weighted by Crippen LogP contribution is 2.16. The summed E-state index contributed by atoms with van der Waals surface area (Å²) in [4.78, 5) is 36.9. The number of aliphatic carboxylic acids is 1. The quantitative estimate of drug-likeness (QED) is 0.0195. The summed E-state index contributed by atoms with van der Waals surface area (Å²) in [5.74, 6) is -2.29. The van der Waals surface area contributed by atoms with Gasteiger partial charge in [0.2, 0.25) is 0 Å². The third-order valence-electron chi connectivity index (χ3n) is 12.0. The highest BCUT2D eigenvalue weighted by molar-refractivity contribution is 5.70. The summed E-state index contributed by atoms with van der Waals surface area (Å²) in [6.07, 6.45) is 62.8. The van der Waals surface area contributed by atoms with Crippen LogP contribution in [0.25, 0.3) is 0 Å². The Morgan fingerprint density at radius 3 is 1.23 bits per heavy atom. The monoisotopic (exact) mass is 968 g/mol. The summed E-state index contributed by atoms with van der Waals surface area (Å²) in [5.41, 5.74) is 0. The Morgan fingerprint density at radius 1 is 0.449 bits per heavy atom. The molecule has 0 saturated heterocycles. The predicted octanol–water partition coefficient (Wildman–Crippen LogP) is 14.9. The fraction of sp³-hybridized carbons (Fsp3) is 0.750. The standard InChI is InChI=1S/C60H105NO8/c1-6-8-10-12-14-15-16-17-18-19-20-21-22-23-24-25-26-27-28-29-30-31-32-33-34-35-36-37-38-39-40-41-42-43-45-47-49-51-58(63)69-56(54-67-57(62)50-48-46-44-13-11-9-7-2)55-68-60(59(64)65)66-53-52-61(3,4)5/h8,10,14-15,17-18,20-21,23-24,26-27,56,60H,6-7,9,11-13,16,19,22,25,28-55H2,1-5H3/b10-8-,15-14-,18-17-,21-20-,24-23-,27-26-. The Balaban J connectivity index is 3.93. The molecule has 0 aromatic carbocycles. The van der Waals surface area contributed by atoms with Gasteiger partial charge in [0.1, 0.15) is 13.2 Å². The number of carboxylic acids is 1. The maximum absolute atomic E-state index is 12.8. The maximum Gasteiger partial charge on any atom is 0.306 e. The molecule has 0 rings (SSSR count). The fourth-order valence-corrected chi connectivity index (χ4v) is 7.66. The van der Waals surface area contributed by atoms with Crippen LogP contribution in [-0.2, 0) is 33.3 Å². The zero-order chi connectivity index (χ0) is 50.6. The molecule has 0 fully saturated rings. The number of hydrogen-bond donors (Lipinski definition) is 0. The zero-order valence-electron chi connectivity index (χ0n) is 45.2. The number of esters is 2. The van der Waals surface area contributed by atoms with Gasteiger partial charge in [-0.15, -0.1) is 0 Å². The van der Waals surface area contributed by atoms with Crippen molar-refractivity contribution >= 4 is 17.9 Å². The average Bonchev–Trinajstić information content (AvgIpc) is 3.31. The molecule has 0 spiro atoms. The van der Waals surface area contributed by atoms with Crippen LogP contribution in [0.1, 0.15) is 232 Å². The molecule has 0 bridgehead atoms. The van der Waals surface area contributed by atoms with E-state index in [1.165, 1.54) is 128 Å². The Morgan fingerprint density at radius 2 is 0.826 bits per heavy atom. The third kappa shape index (κ3) is 52.4. The van der Waals surface area contributed by atoms with Crippen LogP contribution in [0.4, 0.5) is 0 Å². The summed E-state index contributed by atoms with van der Waals surface area (Å²) in [5, 5.41) is 11.7. The molecule has 0 amide bonds. The molecule has 2 unspecified atom stereocenters. The number of likely N-dealkylation sites (N-methyl/N-ethyl adjacent to an activating group) is 1. The SMILES string of the molecule is CC/C=C\C/C=C\C/C=C\C/C=C\C/C=C\C/C=C\CCCCCCCCCCCCCCCCCCCCC(=O)OC(COC(=O)CCCCCCCCC)COC(OCC[N+](C)(C)C)C(=O)[O-]. The topological polar surface area (TPSA) is 111 Å². The number of rotatable bonds is 51. The fourth-order valence-electron chi connectivity index (χ4n) is 7.66. The first-order chi connectivity index (χ1) is 33.6. The molecule has 9 nitrogen and oxygen atoms in total. The zero-order valence-corrected chi connectivity index (χ0v) is 45.2. The molecule has 9 heteroatoms. The van der Waals surface area contributed by atoms with E-state index in [9.17, 15) is 19.5 Å². The summed E-state index contributed by atoms with van der Waals surface area (Å²) >= 11 is 0. The summed E-state index contributed by atoms with van der Waals surface area (Å²) in [6.45, 7) is 4.58. The van der Waals surface area contributed by atoms with E-state index in [-0.39, 0.29) is 32.2 Å². The first-order valence-corrected chi connectivity index (χ1v) is 28.1. The highest BCUT2D eigenvalue weighted by Gasteiger charge is 2.22. The van der Waals surface area contributed by atoms with Crippen LogP contribution in [0.5, 0.6) is 0 Å². The largest absolute Gasteiger partial charge is 0.545 e. The lowest BCUT2D eigenvalue weighted by Gasteiger charge is -2.26. The molecular formula is C60H105NO8. The lowest BCUT2D eigenvalue weighted by molar-refractivity contribution is -0.870. The Bertz CT molecular complexity index is 1360. The molecule has 0 heterocycles. The second kappa shape index (κ2) is 51.1. The van der Waals surface area contributed by atoms with Crippen molar-refractivity contribution in [3.8, 4) is 0 Å². The Kier molecular flexibility index (Phi) is 48.7. The van der Waals surface area contributed by atoms with Gasteiger partial charge in [-0.05, 0) is 64.2 Å². The number of allylic oxidation sites excluding steroid dienone is 12. The number of unbranched alkanes of at least 4 members (excludes halogenated alkanes) is 24. The normalized spacial score (nSPS) is 13.3. The van der Waals surface area contributed by atoms with E-state index >= 15 is 0 Å². The molecule has 0 saturated carbocycles. The minimum atomic E-state index is -1.62. The van der Waals surface area contributed by atoms with Crippen LogP contribution in [0, 0.1) is 0 Å². The summed E-state index contributed by atoms with van der Waals surface area (Å²) < 4.78 is 22.5. The van der Waals surface area contributed by atoms with Crippen molar-refractivity contribution in [2.75, 3.05) is 47.5 Å². The predicted molar refractivity (Wildman–Crippen MR) is 288 cm³/mol. The van der Waals surface area contributed by atoms with Gasteiger partial charge in [0.15, 0.2) is 12.4 Å². The third-order valence-corrected chi connectivity index (χ3v) is 12.0. The van der Waals surface area contributed by atoms with E-state index < -0.39 is 24.3 Å². The molecule has 0 aliphatic rings. The van der Waals surface area contributed by atoms with Crippen LogP contribution in [-0.4, -0.2) is 82.3 Å². The van der Waals surface area contributed by atoms with Crippen molar-refractivity contribution in [2.45, 2.75) is 245 Å². The van der Waals surface area contributed by atoms with Crippen LogP contribution in [0.3, 0.4) is 0 Å². The number of nitrogens with zero attached hydrogens (tertiary/aromatic N) is 1. The summed E-state index contributed by atoms with van der Waals surface area (Å²) in [6, 6.07) is 0. The van der Waals surface area contributed by atoms with Crippen molar-refractivity contribution in [2.24, 2.45) is 0 Å². The van der Waals surface area contributed by atoms with E-state index in [0.717, 1.165) is 70.6 Å². The first kappa shape index (κ1) is 65.7. The Hall–Kier alpha value is -3.27. The number of carboxylic acid groups (broad SMARTS) is 1. The molecule has 69 heavy (non-hydrogen) atoms. The lowest BCUT2D eigenvalue weighted by atomic mass is 10.0. The molecule has 0 N–H and O–H groups in total. The van der Waals surface area contributed by atoms with Crippen LogP contribution in [0.15, 0.2) is 72.9 Å². The van der Waals surface area contributed by atoms with Gasteiger partial charge in [-0.25, -0.2) is 0 Å². The van der Waals surface area contributed by atoms with Crippen molar-refractivity contribution in [1.82, 2.24) is 0 Å². The van der Waals surface area contributed by atoms with Crippen molar-refractivity contribution in [3.63, 3.8) is 0 Å². The first-order valence-electron chi connectivity index (χ1n) is 28.1. The minimum absolute atomic E-state index is 0.148. The van der Waals surface area contributed by atoms with Crippen LogP contribution in [0.2, 0.25) is 0 Å². The molecule has 0 aliphatic carbocycles. The molecule has 0 radical (unpaired) electrons. The molecule has 0 aromatic heterocycles. The number of hydrogen-bond acceptors (Lipinski definition) is 8. The molecule has 0 aromatic rings. The Labute approximate surface area is 424 Å². The molecule has 2 atom stereocenters. The second-order valence-electron chi connectivity index (χ2n) is 19.9. The number of carbonyl (C=O) groups excluding carboxylic acids is 3. The molecule has 0 aliphatic heterocycles. The van der Waals surface area contributed by atoms with Crippen LogP contribution >= 0.6 is 0 Å². The van der Waals surface area contributed by atoms with E-state index in [1.807, 2.05) is 21.1 Å². The van der Waals surface area contributed by atoms with Gasteiger partial charge in [0.05, 0.1) is 40.3 Å². The highest BCUT2D eigenvalue weighted by atomic mass is 16.7. The van der Waals surface area contributed by atoms with E-state index in [2.05, 4.69) is 86.8 Å². The number of ether oxygens (including phenoxy) is 4. The van der Waals surface area contributed by atoms with E-state index in [0.29, 0.717) is 23.9 Å². The molecule has 398 valence electrons. The van der Waals surface area contributed by atoms with Crippen LogP contribution < -0.4 is 5.11 Å². The van der Waals surface area contributed by atoms with E-state index in [4.69, 9.17) is 18.9 Å². The van der Waals surface area contributed by atoms with Gasteiger partial charge < -0.3 is 33.3 Å². The van der Waals surface area contributed by atoms with Gasteiger partial charge >= 0.3 is 11.9 Å². The number of carbonyl (C=O) groups is 3. The van der Waals surface area contributed by atoms with E-state index in [1.54, 1.807) is 0 Å². The van der Waals surface area contributed by atoms with Crippen molar-refractivity contribution in [1.29, 1.82) is 0 Å². The average molecular weight is 968 g/mol. The minimum Gasteiger partial charge on any atom is -0.545 e. The van der Waals surface area contributed by atoms with Gasteiger partial charge in [-0.1, -0.05) is 228 Å². The maximum atomic E-state index is 12.8. The summed E-state index contributed by atoms with van der Waals surface area (Å²) in [7, 11) is 5.91. The van der Waals surface area contributed by atoms with Gasteiger partial charge in [0, 0.05) is 12.8 Å². The van der Waals surface area contributed by atoms with Gasteiger partial charge in [0.25, 0.3) is 0 Å². The van der Waals surface area contributed by atoms with Crippen molar-refractivity contribution in [3.05, 3.63) is 72.9 Å². The lowest BCUT2D eigenvalue weighted by Crippen LogP contribution is -2.44.